The first-order chi connectivity index (χ1) is 14.0. The van der Waals surface area contributed by atoms with Crippen molar-refractivity contribution in [2.45, 2.75) is 52.7 Å². The Kier molecular flexibility index (Phi) is 6.96. The van der Waals surface area contributed by atoms with Gasteiger partial charge >= 0.3 is 0 Å². The number of benzene rings is 1. The zero-order valence-corrected chi connectivity index (χ0v) is 17.8. The fraction of sp³-hybridized carbons (Fsp3) is 0.478. The van der Waals surface area contributed by atoms with Gasteiger partial charge in [0.1, 0.15) is 11.9 Å². The quantitative estimate of drug-likeness (QED) is 0.728. The van der Waals surface area contributed by atoms with Crippen molar-refractivity contribution >= 4 is 11.6 Å². The average Bonchev–Trinajstić information content (AvgIpc) is 3.15. The van der Waals surface area contributed by atoms with Gasteiger partial charge in [-0.3, -0.25) is 4.79 Å². The van der Waals surface area contributed by atoms with Gasteiger partial charge in [-0.15, -0.1) is 0 Å². The lowest BCUT2D eigenvalue weighted by molar-refractivity contribution is -0.119. The van der Waals surface area contributed by atoms with E-state index in [0.29, 0.717) is 6.61 Å². The van der Waals surface area contributed by atoms with Gasteiger partial charge in [-0.25, -0.2) is 4.98 Å². The number of ether oxygens (including phenoxy) is 2. The summed E-state index contributed by atoms with van der Waals surface area (Å²) < 4.78 is 12.0. The van der Waals surface area contributed by atoms with Gasteiger partial charge in [0.15, 0.2) is 0 Å². The number of hydrogen-bond donors (Lipinski definition) is 1. The first-order valence-electron chi connectivity index (χ1n) is 10.3. The van der Waals surface area contributed by atoms with Crippen LogP contribution < -0.4 is 19.7 Å². The maximum atomic E-state index is 11.2. The second kappa shape index (κ2) is 9.63. The molecule has 1 aromatic carbocycles. The molecule has 3 rings (SSSR count). The molecule has 2 atom stereocenters. The van der Waals surface area contributed by atoms with Crippen molar-refractivity contribution in [3.8, 4) is 11.6 Å². The molecule has 6 nitrogen and oxygen atoms in total. The molecule has 0 saturated carbocycles. The molecule has 156 valence electrons. The Hall–Kier alpha value is -2.76. The minimum absolute atomic E-state index is 0.0117. The summed E-state index contributed by atoms with van der Waals surface area (Å²) in [5, 5.41) is 2.90. The Bertz CT molecular complexity index is 823. The molecular weight excluding hydrogens is 366 g/mol. The molecular formula is C23H31N3O3. The van der Waals surface area contributed by atoms with Crippen molar-refractivity contribution in [1.82, 2.24) is 10.3 Å². The molecule has 1 aliphatic rings. The minimum Gasteiger partial charge on any atom is -0.489 e. The van der Waals surface area contributed by atoms with E-state index < -0.39 is 0 Å². The summed E-state index contributed by atoms with van der Waals surface area (Å²) in [6.45, 7) is 10.1. The van der Waals surface area contributed by atoms with Crippen LogP contribution in [0.25, 0.3) is 0 Å². The normalized spacial score (nSPS) is 17.1. The van der Waals surface area contributed by atoms with Gasteiger partial charge in [-0.1, -0.05) is 19.1 Å². The van der Waals surface area contributed by atoms with Gasteiger partial charge in [0, 0.05) is 37.3 Å². The monoisotopic (exact) mass is 397 g/mol. The SMILES string of the molecule is CCCOc1nccc(N2CC[C@@H](Oc3ccc([C@H](C)NC(C)=O)cc3)C2)c1C. The summed E-state index contributed by atoms with van der Waals surface area (Å²) in [6.07, 6.45) is 3.89. The summed E-state index contributed by atoms with van der Waals surface area (Å²) in [6, 6.07) is 10.0. The third-order valence-electron chi connectivity index (χ3n) is 5.16. The van der Waals surface area contributed by atoms with E-state index in [0.717, 1.165) is 54.4 Å². The van der Waals surface area contributed by atoms with Gasteiger partial charge in [0.2, 0.25) is 11.8 Å². The van der Waals surface area contributed by atoms with Gasteiger partial charge in [-0.05, 0) is 44.0 Å². The smallest absolute Gasteiger partial charge is 0.218 e. The molecule has 1 N–H and O–H groups in total. The highest BCUT2D eigenvalue weighted by Gasteiger charge is 2.26. The Morgan fingerprint density at radius 2 is 2.07 bits per heavy atom. The first kappa shape index (κ1) is 21.0. The van der Waals surface area contributed by atoms with Gasteiger partial charge in [-0.2, -0.15) is 0 Å². The van der Waals surface area contributed by atoms with E-state index in [1.54, 1.807) is 0 Å². The number of hydrogen-bond acceptors (Lipinski definition) is 5. The van der Waals surface area contributed by atoms with E-state index in [1.165, 1.54) is 6.92 Å². The van der Waals surface area contributed by atoms with E-state index in [4.69, 9.17) is 9.47 Å². The summed E-state index contributed by atoms with van der Waals surface area (Å²) in [7, 11) is 0. The van der Waals surface area contributed by atoms with Crippen LogP contribution in [0, 0.1) is 6.92 Å². The van der Waals surface area contributed by atoms with Crippen molar-refractivity contribution < 1.29 is 14.3 Å². The Balaban J connectivity index is 1.60. The largest absolute Gasteiger partial charge is 0.489 e. The standard InChI is InChI=1S/C23H31N3O3/c1-5-14-28-23-16(2)22(10-12-24-23)26-13-11-21(15-26)29-20-8-6-19(7-9-20)17(3)25-18(4)27/h6-10,12,17,21H,5,11,13-15H2,1-4H3,(H,25,27)/t17-,21+/m0/s1. The Morgan fingerprint density at radius 1 is 1.31 bits per heavy atom. The Morgan fingerprint density at radius 3 is 2.76 bits per heavy atom. The predicted octanol–water partition coefficient (Wildman–Crippen LogP) is 4.03. The molecule has 1 amide bonds. The highest BCUT2D eigenvalue weighted by molar-refractivity contribution is 5.73. The number of nitrogens with one attached hydrogen (secondary N) is 1. The highest BCUT2D eigenvalue weighted by Crippen LogP contribution is 2.30. The third-order valence-corrected chi connectivity index (χ3v) is 5.16. The van der Waals surface area contributed by atoms with Crippen LogP contribution in [-0.2, 0) is 4.79 Å². The number of nitrogens with zero attached hydrogens (tertiary/aromatic N) is 2. The van der Waals surface area contributed by atoms with Crippen LogP contribution in [0.2, 0.25) is 0 Å². The molecule has 0 spiro atoms. The number of anilines is 1. The fourth-order valence-electron chi connectivity index (χ4n) is 3.65. The van der Waals surface area contributed by atoms with Crippen LogP contribution in [0.15, 0.2) is 36.5 Å². The van der Waals surface area contributed by atoms with Crippen LogP contribution in [-0.4, -0.2) is 36.7 Å². The van der Waals surface area contributed by atoms with Gasteiger partial charge in [0.05, 0.1) is 19.2 Å². The van der Waals surface area contributed by atoms with E-state index in [9.17, 15) is 4.79 Å². The molecule has 0 bridgehead atoms. The van der Waals surface area contributed by atoms with Crippen molar-refractivity contribution in [2.75, 3.05) is 24.6 Å². The number of carbonyl (C=O) groups is 1. The summed E-state index contributed by atoms with van der Waals surface area (Å²) in [5.41, 5.74) is 3.31. The van der Waals surface area contributed by atoms with Crippen molar-refractivity contribution in [2.24, 2.45) is 0 Å². The molecule has 6 heteroatoms. The van der Waals surface area contributed by atoms with E-state index in [-0.39, 0.29) is 18.1 Å². The van der Waals surface area contributed by atoms with Crippen LogP contribution in [0.1, 0.15) is 50.8 Å². The number of amides is 1. The molecule has 2 aromatic rings. The van der Waals surface area contributed by atoms with Crippen molar-refractivity contribution in [3.05, 3.63) is 47.7 Å². The summed E-state index contributed by atoms with van der Waals surface area (Å²) in [5.74, 6) is 1.55. The molecule has 0 aliphatic carbocycles. The summed E-state index contributed by atoms with van der Waals surface area (Å²) >= 11 is 0. The third kappa shape index (κ3) is 5.40. The zero-order valence-electron chi connectivity index (χ0n) is 17.8. The maximum Gasteiger partial charge on any atom is 0.218 e. The van der Waals surface area contributed by atoms with Crippen LogP contribution in [0.5, 0.6) is 11.6 Å². The minimum atomic E-state index is -0.0291. The second-order valence-electron chi connectivity index (χ2n) is 7.57. The van der Waals surface area contributed by atoms with Gasteiger partial charge in [0.25, 0.3) is 0 Å². The topological polar surface area (TPSA) is 63.7 Å². The van der Waals surface area contributed by atoms with Gasteiger partial charge < -0.3 is 19.7 Å². The zero-order chi connectivity index (χ0) is 20.8. The number of pyridine rings is 1. The molecule has 1 aliphatic heterocycles. The molecule has 1 aromatic heterocycles. The number of carbonyl (C=O) groups excluding carboxylic acids is 1. The highest BCUT2D eigenvalue weighted by atomic mass is 16.5. The fourth-order valence-corrected chi connectivity index (χ4v) is 3.65. The first-order valence-corrected chi connectivity index (χ1v) is 10.3. The molecule has 2 heterocycles. The van der Waals surface area contributed by atoms with Crippen LogP contribution in [0.4, 0.5) is 5.69 Å². The Labute approximate surface area is 173 Å². The van der Waals surface area contributed by atoms with Crippen molar-refractivity contribution in [3.63, 3.8) is 0 Å². The van der Waals surface area contributed by atoms with E-state index >= 15 is 0 Å². The molecule has 0 radical (unpaired) electrons. The molecule has 1 saturated heterocycles. The molecule has 1 fully saturated rings. The predicted molar refractivity (Wildman–Crippen MR) is 115 cm³/mol. The lowest BCUT2D eigenvalue weighted by atomic mass is 10.1. The van der Waals surface area contributed by atoms with Crippen LogP contribution >= 0.6 is 0 Å². The lowest BCUT2D eigenvalue weighted by Gasteiger charge is -2.22. The van der Waals surface area contributed by atoms with E-state index in [1.807, 2.05) is 37.4 Å². The maximum absolute atomic E-state index is 11.2. The summed E-state index contributed by atoms with van der Waals surface area (Å²) in [4.78, 5) is 17.9. The average molecular weight is 398 g/mol. The second-order valence-corrected chi connectivity index (χ2v) is 7.57. The van der Waals surface area contributed by atoms with Crippen molar-refractivity contribution in [1.29, 1.82) is 0 Å². The van der Waals surface area contributed by atoms with Crippen LogP contribution in [0.3, 0.4) is 0 Å². The number of rotatable bonds is 8. The lowest BCUT2D eigenvalue weighted by Crippen LogP contribution is -2.25. The molecule has 29 heavy (non-hydrogen) atoms. The molecule has 0 unspecified atom stereocenters. The number of aromatic nitrogens is 1. The van der Waals surface area contributed by atoms with E-state index in [2.05, 4.69) is 35.1 Å².